The zero-order valence-corrected chi connectivity index (χ0v) is 11.9. The number of benzene rings is 1. The van der Waals surface area contributed by atoms with Gasteiger partial charge >= 0.3 is 0 Å². The van der Waals surface area contributed by atoms with Gasteiger partial charge in [0.2, 0.25) is 0 Å². The molecule has 0 aromatic heterocycles. The Balaban J connectivity index is 1.87. The Morgan fingerprint density at radius 2 is 1.75 bits per heavy atom. The van der Waals surface area contributed by atoms with Gasteiger partial charge in [-0.25, -0.2) is 0 Å². The molecule has 0 aliphatic carbocycles. The van der Waals surface area contributed by atoms with Gasteiger partial charge < -0.3 is 15.1 Å². The highest BCUT2D eigenvalue weighted by Gasteiger charge is 2.19. The number of hydrogen-bond donors (Lipinski definition) is 2. The van der Waals surface area contributed by atoms with Gasteiger partial charge in [-0.2, -0.15) is 0 Å². The largest absolute Gasteiger partial charge is 0.504 e. The van der Waals surface area contributed by atoms with E-state index in [0.29, 0.717) is 12.1 Å². The zero-order chi connectivity index (χ0) is 14.5. The summed E-state index contributed by atoms with van der Waals surface area (Å²) in [4.78, 5) is 16.7. The Morgan fingerprint density at radius 1 is 1.10 bits per heavy atom. The lowest BCUT2D eigenvalue weighted by Crippen LogP contribution is -2.47. The molecule has 1 fully saturated rings. The molecule has 1 heterocycles. The minimum Gasteiger partial charge on any atom is -0.504 e. The molecule has 110 valence electrons. The molecule has 1 aromatic rings. The quantitative estimate of drug-likeness (QED) is 0.628. The van der Waals surface area contributed by atoms with Crippen molar-refractivity contribution in [3.8, 4) is 11.5 Å². The highest BCUT2D eigenvalue weighted by Crippen LogP contribution is 2.25. The van der Waals surface area contributed by atoms with E-state index in [0.717, 1.165) is 39.1 Å². The first kappa shape index (κ1) is 14.8. The van der Waals surface area contributed by atoms with Crippen molar-refractivity contribution in [1.29, 1.82) is 0 Å². The van der Waals surface area contributed by atoms with Crippen LogP contribution in [0.5, 0.6) is 11.5 Å². The van der Waals surface area contributed by atoms with Crippen LogP contribution in [0.1, 0.15) is 23.7 Å². The highest BCUT2D eigenvalue weighted by atomic mass is 16.3. The van der Waals surface area contributed by atoms with Crippen LogP contribution in [0.3, 0.4) is 0 Å². The van der Waals surface area contributed by atoms with Crippen molar-refractivity contribution in [3.63, 3.8) is 0 Å². The standard InChI is InChI=1S/C15H22N2O3/c1-2-5-16-6-8-17(9-7-16)11-15(20)12-3-4-13(18)14(19)10-12/h3-4,10,18-19H,2,5-9,11H2,1H3. The van der Waals surface area contributed by atoms with E-state index in [1.54, 1.807) is 6.07 Å². The molecule has 5 nitrogen and oxygen atoms in total. The van der Waals surface area contributed by atoms with Gasteiger partial charge in [0, 0.05) is 31.7 Å². The molecule has 1 aliphatic rings. The first-order chi connectivity index (χ1) is 9.60. The van der Waals surface area contributed by atoms with Gasteiger partial charge in [-0.1, -0.05) is 6.92 Å². The van der Waals surface area contributed by atoms with Crippen LogP contribution in [-0.4, -0.2) is 65.1 Å². The molecular formula is C15H22N2O3. The first-order valence-corrected chi connectivity index (χ1v) is 7.10. The van der Waals surface area contributed by atoms with Crippen LogP contribution in [0.2, 0.25) is 0 Å². The maximum absolute atomic E-state index is 12.1. The van der Waals surface area contributed by atoms with Crippen LogP contribution in [-0.2, 0) is 0 Å². The van der Waals surface area contributed by atoms with Crippen molar-refractivity contribution in [2.24, 2.45) is 0 Å². The SMILES string of the molecule is CCCN1CCN(CC(=O)c2ccc(O)c(O)c2)CC1. The van der Waals surface area contributed by atoms with Crippen LogP contribution in [0.15, 0.2) is 18.2 Å². The van der Waals surface area contributed by atoms with Crippen LogP contribution in [0.4, 0.5) is 0 Å². The van der Waals surface area contributed by atoms with E-state index >= 15 is 0 Å². The van der Waals surface area contributed by atoms with E-state index < -0.39 is 0 Å². The number of ketones is 1. The second kappa shape index (κ2) is 6.72. The number of phenols is 2. The van der Waals surface area contributed by atoms with Gasteiger partial charge in [0.1, 0.15) is 0 Å². The van der Waals surface area contributed by atoms with Crippen molar-refractivity contribution in [2.45, 2.75) is 13.3 Å². The van der Waals surface area contributed by atoms with Crippen molar-refractivity contribution in [1.82, 2.24) is 9.80 Å². The lowest BCUT2D eigenvalue weighted by molar-refractivity contribution is 0.0852. The minimum atomic E-state index is -0.247. The Morgan fingerprint density at radius 3 is 2.35 bits per heavy atom. The number of piperazine rings is 1. The Hall–Kier alpha value is -1.59. The zero-order valence-electron chi connectivity index (χ0n) is 11.9. The molecule has 0 bridgehead atoms. The number of aromatic hydroxyl groups is 2. The average molecular weight is 278 g/mol. The van der Waals surface area contributed by atoms with Crippen molar-refractivity contribution < 1.29 is 15.0 Å². The van der Waals surface area contributed by atoms with Crippen molar-refractivity contribution in [3.05, 3.63) is 23.8 Å². The number of rotatable bonds is 5. The van der Waals surface area contributed by atoms with Crippen molar-refractivity contribution in [2.75, 3.05) is 39.3 Å². The lowest BCUT2D eigenvalue weighted by atomic mass is 10.1. The van der Waals surface area contributed by atoms with E-state index in [1.807, 2.05) is 0 Å². The van der Waals surface area contributed by atoms with Gasteiger partial charge in [-0.05, 0) is 31.2 Å². The summed E-state index contributed by atoms with van der Waals surface area (Å²) in [5.74, 6) is -0.470. The molecule has 0 unspecified atom stereocenters. The van der Waals surface area contributed by atoms with Gasteiger partial charge in [-0.15, -0.1) is 0 Å². The van der Waals surface area contributed by atoms with Crippen LogP contribution in [0, 0.1) is 0 Å². The summed E-state index contributed by atoms with van der Waals surface area (Å²) in [6, 6.07) is 4.22. The second-order valence-corrected chi connectivity index (χ2v) is 5.24. The van der Waals surface area contributed by atoms with Crippen LogP contribution < -0.4 is 0 Å². The number of phenolic OH excluding ortho intramolecular Hbond substituents is 2. The first-order valence-electron chi connectivity index (χ1n) is 7.10. The highest BCUT2D eigenvalue weighted by molar-refractivity contribution is 5.98. The van der Waals surface area contributed by atoms with E-state index in [2.05, 4.69) is 16.7 Å². The van der Waals surface area contributed by atoms with Crippen LogP contribution in [0.25, 0.3) is 0 Å². The Kier molecular flexibility index (Phi) is 4.98. The van der Waals surface area contributed by atoms with Gasteiger partial charge in [0.05, 0.1) is 6.54 Å². The number of Topliss-reactive ketones (excluding diaryl/α,β-unsaturated/α-hetero) is 1. The maximum atomic E-state index is 12.1. The lowest BCUT2D eigenvalue weighted by Gasteiger charge is -2.34. The van der Waals surface area contributed by atoms with E-state index in [9.17, 15) is 15.0 Å². The predicted octanol–water partition coefficient (Wildman–Crippen LogP) is 1.31. The fourth-order valence-electron chi connectivity index (χ4n) is 2.48. The summed E-state index contributed by atoms with van der Waals surface area (Å²) in [6.07, 6.45) is 1.16. The molecule has 1 saturated heterocycles. The molecule has 2 N–H and O–H groups in total. The van der Waals surface area contributed by atoms with Gasteiger partial charge in [-0.3, -0.25) is 9.69 Å². The molecule has 1 aliphatic heterocycles. The molecule has 0 spiro atoms. The molecule has 0 amide bonds. The molecule has 0 radical (unpaired) electrons. The number of nitrogens with zero attached hydrogens (tertiary/aromatic N) is 2. The summed E-state index contributed by atoms with van der Waals surface area (Å²) in [6.45, 7) is 7.46. The van der Waals surface area contributed by atoms with Gasteiger partial charge in [0.15, 0.2) is 17.3 Å². The third kappa shape index (κ3) is 3.71. The molecule has 20 heavy (non-hydrogen) atoms. The van der Waals surface area contributed by atoms with E-state index in [1.165, 1.54) is 12.1 Å². The minimum absolute atomic E-state index is 0.0239. The normalized spacial score (nSPS) is 17.2. The number of carbonyl (C=O) groups excluding carboxylic acids is 1. The van der Waals surface area contributed by atoms with Crippen molar-refractivity contribution >= 4 is 5.78 Å². The predicted molar refractivity (Wildman–Crippen MR) is 77.3 cm³/mol. The fourth-order valence-corrected chi connectivity index (χ4v) is 2.48. The topological polar surface area (TPSA) is 64.0 Å². The smallest absolute Gasteiger partial charge is 0.176 e. The third-order valence-corrected chi connectivity index (χ3v) is 3.67. The summed E-state index contributed by atoms with van der Waals surface area (Å²) >= 11 is 0. The molecule has 2 rings (SSSR count). The molecule has 1 aromatic carbocycles. The maximum Gasteiger partial charge on any atom is 0.176 e. The Bertz CT molecular complexity index is 468. The number of hydrogen-bond acceptors (Lipinski definition) is 5. The monoisotopic (exact) mass is 278 g/mol. The average Bonchev–Trinajstić information content (AvgIpc) is 2.44. The summed E-state index contributed by atoms with van der Waals surface area (Å²) in [5.41, 5.74) is 0.441. The van der Waals surface area contributed by atoms with Crippen LogP contribution >= 0.6 is 0 Å². The molecule has 5 heteroatoms. The molecule has 0 saturated carbocycles. The number of carbonyl (C=O) groups is 1. The van der Waals surface area contributed by atoms with E-state index in [4.69, 9.17) is 0 Å². The summed E-state index contributed by atoms with van der Waals surface area (Å²) in [5, 5.41) is 18.7. The summed E-state index contributed by atoms with van der Waals surface area (Å²) < 4.78 is 0. The summed E-state index contributed by atoms with van der Waals surface area (Å²) in [7, 11) is 0. The Labute approximate surface area is 119 Å². The van der Waals surface area contributed by atoms with E-state index in [-0.39, 0.29) is 17.3 Å². The molecular weight excluding hydrogens is 256 g/mol. The second-order valence-electron chi connectivity index (χ2n) is 5.24. The van der Waals surface area contributed by atoms with Gasteiger partial charge in [0.25, 0.3) is 0 Å². The fraction of sp³-hybridized carbons (Fsp3) is 0.533. The third-order valence-electron chi connectivity index (χ3n) is 3.67. The molecule has 0 atom stereocenters.